The second kappa shape index (κ2) is 9.72. The fourth-order valence-electron chi connectivity index (χ4n) is 5.49. The number of allylic oxidation sites excluding steroid dienone is 8. The topological polar surface area (TPSA) is 0 Å². The van der Waals surface area contributed by atoms with Crippen LogP contribution in [-0.4, -0.2) is 3.21 Å². The summed E-state index contributed by atoms with van der Waals surface area (Å²) in [6.07, 6.45) is 13.4. The van der Waals surface area contributed by atoms with Crippen LogP contribution in [-0.2, 0) is 28.2 Å². The third-order valence-corrected chi connectivity index (χ3v) is 10.6. The molecular weight excluding hydrogens is 522 g/mol. The predicted octanol–water partition coefficient (Wildman–Crippen LogP) is 7.20. The van der Waals surface area contributed by atoms with Crippen LogP contribution < -0.4 is 10.4 Å². The molecule has 0 heterocycles. The molecule has 0 radical (unpaired) electrons. The molecule has 0 spiro atoms. The van der Waals surface area contributed by atoms with Gasteiger partial charge in [0.1, 0.15) is 0 Å². The van der Waals surface area contributed by atoms with E-state index >= 15 is 0 Å². The molecule has 3 aliphatic rings. The Kier molecular flexibility index (Phi) is 8.39. The van der Waals surface area contributed by atoms with E-state index in [0.29, 0.717) is 0 Å². The molecule has 0 aromatic heterocycles. The number of hydrogen-bond donors (Lipinski definition) is 0. The first-order valence-electron chi connectivity index (χ1n) is 11.6. The van der Waals surface area contributed by atoms with Gasteiger partial charge in [-0.25, -0.2) is 0 Å². The minimum Gasteiger partial charge on any atom is -0.147 e. The Morgan fingerprint density at radius 2 is 1.61 bits per heavy atom. The van der Waals surface area contributed by atoms with Gasteiger partial charge in [0.05, 0.1) is 0 Å². The quantitative estimate of drug-likeness (QED) is 0.358. The summed E-state index contributed by atoms with van der Waals surface area (Å²) in [4.78, 5) is 0. The van der Waals surface area contributed by atoms with Crippen molar-refractivity contribution in [1.82, 2.24) is 0 Å². The molecule has 4 rings (SSSR count). The Balaban J connectivity index is 0.00000193. The number of halogens is 2. The fourth-order valence-corrected chi connectivity index (χ4v) is 9.55. The van der Waals surface area contributed by atoms with Crippen LogP contribution in [0.4, 0.5) is 0 Å². The van der Waals surface area contributed by atoms with Crippen molar-refractivity contribution in [1.29, 1.82) is 0 Å². The molecule has 0 saturated carbocycles. The smallest absolute Gasteiger partial charge is 0.147 e. The van der Waals surface area contributed by atoms with E-state index in [1.807, 2.05) is 0 Å². The average Bonchev–Trinajstić information content (AvgIpc) is 3.23. The maximum absolute atomic E-state index is 2.59. The van der Waals surface area contributed by atoms with Gasteiger partial charge in [-0.1, -0.05) is 0 Å². The zero-order valence-electron chi connectivity index (χ0n) is 21.6. The van der Waals surface area contributed by atoms with E-state index in [1.165, 1.54) is 27.1 Å². The number of benzene rings is 1. The van der Waals surface area contributed by atoms with Crippen LogP contribution >= 0.6 is 24.8 Å². The molecule has 3 heteroatoms. The second-order valence-corrected chi connectivity index (χ2v) is 16.0. The van der Waals surface area contributed by atoms with Crippen molar-refractivity contribution in [2.75, 3.05) is 0 Å². The van der Waals surface area contributed by atoms with Crippen molar-refractivity contribution in [2.24, 2.45) is 10.8 Å². The minimum atomic E-state index is -0.861. The molecule has 0 saturated heterocycles. The molecule has 0 fully saturated rings. The monoisotopic (exact) mass is 559 g/mol. The minimum absolute atomic E-state index is 0. The zero-order valence-corrected chi connectivity index (χ0v) is 25.7. The summed E-state index contributed by atoms with van der Waals surface area (Å²) >= 11 is -0.861. The van der Waals surface area contributed by atoms with Gasteiger partial charge in [0, 0.05) is 0 Å². The summed E-state index contributed by atoms with van der Waals surface area (Å²) in [5, 5.41) is 2.83. The normalized spacial score (nSPS) is 21.2. The number of rotatable bonds is 2. The van der Waals surface area contributed by atoms with E-state index in [-0.39, 0.29) is 41.1 Å². The molecule has 0 nitrogen and oxygen atoms in total. The van der Waals surface area contributed by atoms with Crippen LogP contribution in [0.15, 0.2) is 62.5 Å². The molecule has 3 aliphatic carbocycles. The summed E-state index contributed by atoms with van der Waals surface area (Å²) in [5.41, 5.74) is 7.84. The van der Waals surface area contributed by atoms with Gasteiger partial charge in [-0.15, -0.1) is 24.8 Å². The molecule has 0 bridgehead atoms. The molecule has 1 unspecified atom stereocenters. The van der Waals surface area contributed by atoms with Crippen LogP contribution in [0.25, 0.3) is 11.6 Å². The van der Waals surface area contributed by atoms with E-state index in [2.05, 4.69) is 111 Å². The summed E-state index contributed by atoms with van der Waals surface area (Å²) in [7, 11) is 0. The van der Waals surface area contributed by atoms with Crippen LogP contribution in [0.1, 0.15) is 74.3 Å². The van der Waals surface area contributed by atoms with Gasteiger partial charge in [0.2, 0.25) is 0 Å². The Morgan fingerprint density at radius 1 is 0.939 bits per heavy atom. The SMILES string of the molecule is C[C](C)=[Zr][C]1=C2C=c3cc(C(C)(C)C)ccc3=C2C=CC1(C1=C(C)C=CC1)C(C)(C)C.Cl.Cl. The van der Waals surface area contributed by atoms with Gasteiger partial charge < -0.3 is 0 Å². The second-order valence-electron chi connectivity index (χ2n) is 11.7. The Hall–Kier alpha value is -0.747. The molecule has 0 aliphatic heterocycles. The summed E-state index contributed by atoms with van der Waals surface area (Å²) in [5.74, 6) is 0. The largest absolute Gasteiger partial charge is 0.147 e. The number of fused-ring (bicyclic) bond motifs is 2. The maximum Gasteiger partial charge on any atom is -0.147 e. The molecular formula is C30H39Cl2Zr. The first-order chi connectivity index (χ1) is 14.4. The van der Waals surface area contributed by atoms with E-state index in [0.717, 1.165) is 6.42 Å². The third-order valence-electron chi connectivity index (χ3n) is 7.16. The molecule has 177 valence electrons. The van der Waals surface area contributed by atoms with E-state index in [4.69, 9.17) is 0 Å². The van der Waals surface area contributed by atoms with Gasteiger partial charge in [-0.2, -0.15) is 0 Å². The van der Waals surface area contributed by atoms with Gasteiger partial charge in [-0.3, -0.25) is 0 Å². The van der Waals surface area contributed by atoms with Crippen LogP contribution in [0.2, 0.25) is 0 Å². The molecule has 1 aromatic rings. The first-order valence-corrected chi connectivity index (χ1v) is 14.1. The fraction of sp³-hybridized carbons (Fsp3) is 0.433. The Morgan fingerprint density at radius 3 is 2.12 bits per heavy atom. The van der Waals surface area contributed by atoms with Crippen molar-refractivity contribution in [3.63, 3.8) is 0 Å². The summed E-state index contributed by atoms with van der Waals surface area (Å²) in [6.45, 7) is 21.3. The van der Waals surface area contributed by atoms with Crippen LogP contribution in [0.5, 0.6) is 0 Å². The molecule has 0 N–H and O–H groups in total. The van der Waals surface area contributed by atoms with Crippen molar-refractivity contribution < 1.29 is 22.8 Å². The Bertz CT molecular complexity index is 1230. The van der Waals surface area contributed by atoms with Gasteiger partial charge in [0.25, 0.3) is 0 Å². The van der Waals surface area contributed by atoms with E-state index in [9.17, 15) is 0 Å². The van der Waals surface area contributed by atoms with Gasteiger partial charge >= 0.3 is 201 Å². The van der Waals surface area contributed by atoms with Crippen molar-refractivity contribution >= 4 is 39.7 Å². The summed E-state index contributed by atoms with van der Waals surface area (Å²) in [6, 6.07) is 7.15. The third kappa shape index (κ3) is 4.72. The average molecular weight is 562 g/mol. The standard InChI is InChI=1S/C27H31.C3H6.2ClH.Zr/c1-18-9-8-10-24(18)27(26(5,6)7)14-13-23-20(17-27)15-19-16-21(25(2,3)4)11-12-22(19)23;1-3-2;;;/h8-9,11-16H,10H2,1-7H3;1-2H3;2*1H;. The summed E-state index contributed by atoms with van der Waals surface area (Å²) < 4.78 is 3.41. The van der Waals surface area contributed by atoms with Crippen LogP contribution in [0.3, 0.4) is 0 Å². The maximum atomic E-state index is 2.59. The van der Waals surface area contributed by atoms with Gasteiger partial charge in [-0.05, 0) is 0 Å². The molecule has 1 aromatic carbocycles. The van der Waals surface area contributed by atoms with E-state index < -0.39 is 22.8 Å². The molecule has 0 amide bonds. The van der Waals surface area contributed by atoms with E-state index in [1.54, 1.807) is 17.6 Å². The first kappa shape index (κ1) is 28.5. The molecule has 1 atom stereocenters. The van der Waals surface area contributed by atoms with Crippen molar-refractivity contribution in [2.45, 2.75) is 74.1 Å². The Labute approximate surface area is 224 Å². The molecule has 33 heavy (non-hydrogen) atoms. The predicted molar refractivity (Wildman–Crippen MR) is 148 cm³/mol. The zero-order chi connectivity index (χ0) is 22.8. The van der Waals surface area contributed by atoms with Crippen molar-refractivity contribution in [3.8, 4) is 0 Å². The van der Waals surface area contributed by atoms with Gasteiger partial charge in [0.15, 0.2) is 0 Å². The number of hydrogen-bond acceptors (Lipinski definition) is 0. The van der Waals surface area contributed by atoms with Crippen molar-refractivity contribution in [3.05, 3.63) is 78.5 Å². The van der Waals surface area contributed by atoms with Crippen LogP contribution in [0, 0.1) is 10.8 Å².